The van der Waals surface area contributed by atoms with Gasteiger partial charge in [0, 0.05) is 6.42 Å². The van der Waals surface area contributed by atoms with E-state index in [-0.39, 0.29) is 0 Å². The molecule has 3 aromatic carbocycles. The minimum absolute atomic E-state index is 0.331. The van der Waals surface area contributed by atoms with E-state index < -0.39 is 11.8 Å². The summed E-state index contributed by atoms with van der Waals surface area (Å²) in [6, 6.07) is 32.3. The molecule has 0 aliphatic heterocycles. The second-order valence-electron chi connectivity index (χ2n) is 7.01. The molecule has 4 aromatic rings. The number of nitrogens with two attached hydrogens (primary N) is 1. The Morgan fingerprint density at radius 3 is 1.77 bits per heavy atom. The molecule has 0 amide bonds. The molecule has 0 bridgehead atoms. The number of nitrogens with one attached hydrogen (secondary N) is 1. The van der Waals surface area contributed by atoms with Gasteiger partial charge in [-0.05, 0) is 16.7 Å². The van der Waals surface area contributed by atoms with Crippen molar-refractivity contribution in [1.29, 1.82) is 5.26 Å². The van der Waals surface area contributed by atoms with Crippen LogP contribution in [0.1, 0.15) is 27.9 Å². The van der Waals surface area contributed by atoms with Crippen LogP contribution in [-0.4, -0.2) is 16.4 Å². The third-order valence-corrected chi connectivity index (χ3v) is 5.11. The molecule has 4 rings (SSSR count). The topological polar surface area (TPSA) is 87.7 Å². The number of ether oxygens (including phenoxy) is 1. The number of nitriles is 1. The molecule has 0 fully saturated rings. The summed E-state index contributed by atoms with van der Waals surface area (Å²) in [5.41, 5.74) is 9.66. The minimum Gasteiger partial charge on any atom is -0.343 e. The van der Waals surface area contributed by atoms with Crippen molar-refractivity contribution in [1.82, 2.24) is 10.2 Å². The van der Waals surface area contributed by atoms with Gasteiger partial charge in [-0.3, -0.25) is 5.10 Å². The van der Waals surface area contributed by atoms with E-state index in [1.54, 1.807) is 0 Å². The van der Waals surface area contributed by atoms with Gasteiger partial charge >= 0.3 is 0 Å². The SMILES string of the molecule is N#Cc1cn[nH]c1CC(N)OC(c1ccccc1)(c1ccccc1)c1ccccc1. The third-order valence-electron chi connectivity index (χ3n) is 5.11. The van der Waals surface area contributed by atoms with E-state index >= 15 is 0 Å². The van der Waals surface area contributed by atoms with Gasteiger partial charge in [0.25, 0.3) is 0 Å². The Kier molecular flexibility index (Phi) is 5.71. The Hall–Kier alpha value is -3.72. The normalized spacial score (nSPS) is 12.3. The van der Waals surface area contributed by atoms with Gasteiger partial charge in [0.1, 0.15) is 17.9 Å². The average molecular weight is 394 g/mol. The Labute approximate surface area is 175 Å². The van der Waals surface area contributed by atoms with E-state index in [0.29, 0.717) is 17.7 Å². The van der Waals surface area contributed by atoms with Crippen LogP contribution in [0.5, 0.6) is 0 Å². The second kappa shape index (κ2) is 8.75. The highest BCUT2D eigenvalue weighted by Crippen LogP contribution is 2.41. The van der Waals surface area contributed by atoms with Crippen molar-refractivity contribution in [2.24, 2.45) is 5.73 Å². The van der Waals surface area contributed by atoms with Crippen LogP contribution in [-0.2, 0) is 16.8 Å². The average Bonchev–Trinajstić information content (AvgIpc) is 3.26. The van der Waals surface area contributed by atoms with Crippen LogP contribution in [0.25, 0.3) is 0 Å². The number of benzene rings is 3. The lowest BCUT2D eigenvalue weighted by molar-refractivity contribution is -0.0442. The number of hydrogen-bond acceptors (Lipinski definition) is 4. The van der Waals surface area contributed by atoms with E-state index in [2.05, 4.69) is 16.3 Å². The highest BCUT2D eigenvalue weighted by Gasteiger charge is 2.39. The maximum Gasteiger partial charge on any atom is 0.145 e. The molecule has 0 saturated carbocycles. The summed E-state index contributed by atoms with van der Waals surface area (Å²) in [5.74, 6) is 0. The molecule has 3 N–H and O–H groups in total. The third kappa shape index (κ3) is 3.74. The van der Waals surface area contributed by atoms with Crippen molar-refractivity contribution in [2.75, 3.05) is 0 Å². The molecule has 30 heavy (non-hydrogen) atoms. The van der Waals surface area contributed by atoms with Crippen molar-refractivity contribution in [2.45, 2.75) is 18.2 Å². The monoisotopic (exact) mass is 394 g/mol. The van der Waals surface area contributed by atoms with Gasteiger partial charge in [0.05, 0.1) is 17.5 Å². The zero-order valence-corrected chi connectivity index (χ0v) is 16.4. The Morgan fingerprint density at radius 1 is 0.867 bits per heavy atom. The molecule has 5 heteroatoms. The van der Waals surface area contributed by atoms with Crippen molar-refractivity contribution in [3.63, 3.8) is 0 Å². The van der Waals surface area contributed by atoms with Gasteiger partial charge in [-0.2, -0.15) is 10.4 Å². The molecule has 1 aromatic heterocycles. The number of hydrogen-bond donors (Lipinski definition) is 2. The van der Waals surface area contributed by atoms with Crippen molar-refractivity contribution >= 4 is 0 Å². The molecule has 0 spiro atoms. The summed E-state index contributed by atoms with van der Waals surface area (Å²) in [6.45, 7) is 0. The highest BCUT2D eigenvalue weighted by atomic mass is 16.5. The van der Waals surface area contributed by atoms with E-state index in [1.165, 1.54) is 6.20 Å². The van der Waals surface area contributed by atoms with Gasteiger partial charge in [-0.1, -0.05) is 91.0 Å². The lowest BCUT2D eigenvalue weighted by Gasteiger charge is -2.38. The fourth-order valence-corrected chi connectivity index (χ4v) is 3.76. The van der Waals surface area contributed by atoms with Crippen LogP contribution < -0.4 is 5.73 Å². The molecule has 0 radical (unpaired) electrons. The Morgan fingerprint density at radius 2 is 1.33 bits per heavy atom. The maximum atomic E-state index is 9.30. The second-order valence-corrected chi connectivity index (χ2v) is 7.01. The van der Waals surface area contributed by atoms with Gasteiger partial charge < -0.3 is 10.5 Å². The zero-order valence-electron chi connectivity index (χ0n) is 16.4. The van der Waals surface area contributed by atoms with Crippen LogP contribution in [0.3, 0.4) is 0 Å². The van der Waals surface area contributed by atoms with Crippen molar-refractivity contribution in [3.8, 4) is 6.07 Å². The molecular weight excluding hydrogens is 372 g/mol. The van der Waals surface area contributed by atoms with Gasteiger partial charge in [-0.25, -0.2) is 0 Å². The maximum absolute atomic E-state index is 9.30. The number of aromatic amines is 1. The molecule has 1 heterocycles. The summed E-state index contributed by atoms with van der Waals surface area (Å²) < 4.78 is 6.69. The molecule has 1 unspecified atom stereocenters. The van der Waals surface area contributed by atoms with E-state index in [0.717, 1.165) is 16.7 Å². The summed E-state index contributed by atoms with van der Waals surface area (Å²) in [6.07, 6.45) is 1.15. The van der Waals surface area contributed by atoms with Crippen molar-refractivity contribution in [3.05, 3.63) is 125 Å². The lowest BCUT2D eigenvalue weighted by atomic mass is 9.80. The molecule has 1 atom stereocenters. The standard InChI is InChI=1S/C25H22N4O/c26-17-19-18-28-29-23(19)16-24(27)30-25(20-10-4-1-5-11-20,21-12-6-2-7-13-21)22-14-8-3-9-15-22/h1-15,18,24H,16,27H2,(H,28,29). The van der Waals surface area contributed by atoms with Gasteiger partial charge in [-0.15, -0.1) is 0 Å². The molecule has 5 nitrogen and oxygen atoms in total. The number of rotatable bonds is 7. The van der Waals surface area contributed by atoms with Crippen LogP contribution >= 0.6 is 0 Å². The highest BCUT2D eigenvalue weighted by molar-refractivity contribution is 5.47. The van der Waals surface area contributed by atoms with E-state index in [1.807, 2.05) is 91.0 Å². The van der Waals surface area contributed by atoms with E-state index in [4.69, 9.17) is 10.5 Å². The van der Waals surface area contributed by atoms with Crippen molar-refractivity contribution < 1.29 is 4.74 Å². The van der Waals surface area contributed by atoms with Gasteiger partial charge in [0.2, 0.25) is 0 Å². The fraction of sp³-hybridized carbons (Fsp3) is 0.120. The first kappa shape index (κ1) is 19.6. The first-order chi connectivity index (χ1) is 14.7. The predicted molar refractivity (Wildman–Crippen MR) is 115 cm³/mol. The smallest absolute Gasteiger partial charge is 0.145 e. The Balaban J connectivity index is 1.83. The minimum atomic E-state index is -0.907. The van der Waals surface area contributed by atoms with Crippen LogP contribution in [0.4, 0.5) is 0 Å². The largest absolute Gasteiger partial charge is 0.343 e. The van der Waals surface area contributed by atoms with Crippen LogP contribution in [0.2, 0.25) is 0 Å². The number of nitrogens with zero attached hydrogens (tertiary/aromatic N) is 2. The van der Waals surface area contributed by atoms with Crippen LogP contribution in [0, 0.1) is 11.3 Å². The van der Waals surface area contributed by atoms with Gasteiger partial charge in [0.15, 0.2) is 0 Å². The number of H-pyrrole nitrogens is 1. The molecule has 0 saturated heterocycles. The molecule has 0 aliphatic rings. The molecular formula is C25H22N4O. The summed E-state index contributed by atoms with van der Waals surface area (Å²) in [7, 11) is 0. The predicted octanol–water partition coefficient (Wildman–Crippen LogP) is 4.12. The summed E-state index contributed by atoms with van der Waals surface area (Å²) in [4.78, 5) is 0. The lowest BCUT2D eigenvalue weighted by Crippen LogP contribution is -2.41. The first-order valence-electron chi connectivity index (χ1n) is 9.76. The first-order valence-corrected chi connectivity index (χ1v) is 9.76. The summed E-state index contributed by atoms with van der Waals surface area (Å²) in [5, 5.41) is 16.1. The summed E-state index contributed by atoms with van der Waals surface area (Å²) >= 11 is 0. The quantitative estimate of drug-likeness (QED) is 0.365. The zero-order chi connectivity index (χ0) is 20.8. The van der Waals surface area contributed by atoms with E-state index in [9.17, 15) is 5.26 Å². The number of aromatic nitrogens is 2. The Bertz CT molecular complexity index is 1020. The molecule has 148 valence electrons. The fourth-order valence-electron chi connectivity index (χ4n) is 3.76. The molecule has 0 aliphatic carbocycles. The van der Waals surface area contributed by atoms with Crippen LogP contribution in [0.15, 0.2) is 97.2 Å².